The molecule has 0 aliphatic heterocycles. The molecule has 21 heavy (non-hydrogen) atoms. The van der Waals surface area contributed by atoms with E-state index < -0.39 is 17.3 Å². The Labute approximate surface area is 118 Å². The lowest BCUT2D eigenvalue weighted by Crippen LogP contribution is -1.96. The summed E-state index contributed by atoms with van der Waals surface area (Å²) in [6.07, 6.45) is 0. The van der Waals surface area contributed by atoms with Crippen LogP contribution in [0.4, 0.5) is 10.1 Å². The molecule has 6 nitrogen and oxygen atoms in total. The minimum absolute atomic E-state index is 0.0616. The van der Waals surface area contributed by atoms with E-state index in [2.05, 4.69) is 0 Å². The summed E-state index contributed by atoms with van der Waals surface area (Å²) in [5, 5.41) is 28.5. The number of nitriles is 1. The maximum atomic E-state index is 13.7. The van der Waals surface area contributed by atoms with Gasteiger partial charge in [0.1, 0.15) is 5.75 Å². The van der Waals surface area contributed by atoms with Crippen LogP contribution in [0.2, 0.25) is 0 Å². The van der Waals surface area contributed by atoms with E-state index in [9.17, 15) is 14.5 Å². The van der Waals surface area contributed by atoms with Crippen molar-refractivity contribution < 1.29 is 19.2 Å². The van der Waals surface area contributed by atoms with Crippen LogP contribution < -0.4 is 4.74 Å². The van der Waals surface area contributed by atoms with E-state index in [1.165, 1.54) is 30.3 Å². The van der Waals surface area contributed by atoms with Crippen molar-refractivity contribution in [3.63, 3.8) is 0 Å². The molecule has 0 atom stereocenters. The first-order chi connectivity index (χ1) is 10.0. The fourth-order valence-corrected chi connectivity index (χ4v) is 1.71. The number of halogens is 1. The number of hydrogen-bond donors (Lipinski definition) is 1. The number of aliphatic hydroxyl groups excluding tert-OH is 1. The summed E-state index contributed by atoms with van der Waals surface area (Å²) in [6.45, 7) is -0.538. The standard InChI is InChI=1S/C14H9FN2O4/c15-12-5-9(7-16)1-4-14(12)21-11-2-3-13(17(19)20)10(6-11)8-18/h1-6,18H,8H2. The molecular weight excluding hydrogens is 279 g/mol. The lowest BCUT2D eigenvalue weighted by molar-refractivity contribution is -0.385. The van der Waals surface area contributed by atoms with Gasteiger partial charge in [-0.2, -0.15) is 5.26 Å². The van der Waals surface area contributed by atoms with Crippen LogP contribution in [0.5, 0.6) is 11.5 Å². The van der Waals surface area contributed by atoms with Crippen LogP contribution in [0, 0.1) is 27.3 Å². The molecule has 0 fully saturated rings. The molecule has 0 heterocycles. The molecule has 0 saturated heterocycles. The average Bonchev–Trinajstić information content (AvgIpc) is 2.48. The van der Waals surface area contributed by atoms with E-state index in [1.807, 2.05) is 0 Å². The molecule has 7 heteroatoms. The van der Waals surface area contributed by atoms with Gasteiger partial charge in [0, 0.05) is 6.07 Å². The zero-order valence-electron chi connectivity index (χ0n) is 10.6. The first-order valence-corrected chi connectivity index (χ1v) is 5.81. The Morgan fingerprint density at radius 1 is 1.33 bits per heavy atom. The van der Waals surface area contributed by atoms with Gasteiger partial charge >= 0.3 is 0 Å². The van der Waals surface area contributed by atoms with Crippen LogP contribution in [0.25, 0.3) is 0 Å². The lowest BCUT2D eigenvalue weighted by Gasteiger charge is -2.08. The highest BCUT2D eigenvalue weighted by Gasteiger charge is 2.15. The van der Waals surface area contributed by atoms with Crippen LogP contribution in [0.1, 0.15) is 11.1 Å². The molecule has 0 aliphatic carbocycles. The number of aliphatic hydroxyl groups is 1. The van der Waals surface area contributed by atoms with Crippen LogP contribution in [0.3, 0.4) is 0 Å². The molecule has 0 saturated carbocycles. The van der Waals surface area contributed by atoms with Crippen molar-refractivity contribution in [2.24, 2.45) is 0 Å². The number of nitrogens with zero attached hydrogens (tertiary/aromatic N) is 2. The predicted octanol–water partition coefficient (Wildman–Crippen LogP) is 2.89. The molecule has 2 rings (SSSR count). The van der Waals surface area contributed by atoms with Gasteiger partial charge in [0.2, 0.25) is 0 Å². The largest absolute Gasteiger partial charge is 0.454 e. The first-order valence-electron chi connectivity index (χ1n) is 5.81. The molecule has 0 spiro atoms. The highest BCUT2D eigenvalue weighted by atomic mass is 19.1. The summed E-state index contributed by atoms with van der Waals surface area (Å²) in [5.74, 6) is -0.696. The molecule has 0 radical (unpaired) electrons. The third-order valence-electron chi connectivity index (χ3n) is 2.71. The summed E-state index contributed by atoms with van der Waals surface area (Å²) in [5.41, 5.74) is -0.0312. The lowest BCUT2D eigenvalue weighted by atomic mass is 10.2. The van der Waals surface area contributed by atoms with Crippen molar-refractivity contribution in [1.82, 2.24) is 0 Å². The summed E-state index contributed by atoms with van der Waals surface area (Å²) < 4.78 is 18.9. The Morgan fingerprint density at radius 3 is 2.67 bits per heavy atom. The summed E-state index contributed by atoms with van der Waals surface area (Å²) in [7, 11) is 0. The first kappa shape index (κ1) is 14.4. The highest BCUT2D eigenvalue weighted by Crippen LogP contribution is 2.29. The molecule has 0 amide bonds. The summed E-state index contributed by atoms with van der Waals surface area (Å²) in [6, 6.07) is 9.22. The Kier molecular flexibility index (Phi) is 4.11. The van der Waals surface area contributed by atoms with Gasteiger partial charge in [-0.25, -0.2) is 4.39 Å². The van der Waals surface area contributed by atoms with E-state index in [0.29, 0.717) is 0 Å². The van der Waals surface area contributed by atoms with Gasteiger partial charge in [0.25, 0.3) is 5.69 Å². The van der Waals surface area contributed by atoms with E-state index in [0.717, 1.165) is 6.07 Å². The van der Waals surface area contributed by atoms with Crippen molar-refractivity contribution in [3.05, 3.63) is 63.5 Å². The van der Waals surface area contributed by atoms with Crippen LogP contribution in [-0.4, -0.2) is 10.0 Å². The van der Waals surface area contributed by atoms with Crippen molar-refractivity contribution in [1.29, 1.82) is 5.26 Å². The van der Waals surface area contributed by atoms with Crippen molar-refractivity contribution >= 4 is 5.69 Å². The highest BCUT2D eigenvalue weighted by molar-refractivity contribution is 5.46. The fraction of sp³-hybridized carbons (Fsp3) is 0.0714. The summed E-state index contributed by atoms with van der Waals surface area (Å²) >= 11 is 0. The van der Waals surface area contributed by atoms with Gasteiger partial charge in [0.05, 0.1) is 28.7 Å². The van der Waals surface area contributed by atoms with Gasteiger partial charge in [-0.3, -0.25) is 10.1 Å². The van der Waals surface area contributed by atoms with Crippen LogP contribution in [-0.2, 0) is 6.61 Å². The molecular formula is C14H9FN2O4. The van der Waals surface area contributed by atoms with E-state index >= 15 is 0 Å². The van der Waals surface area contributed by atoms with E-state index in [1.54, 1.807) is 6.07 Å². The molecule has 106 valence electrons. The Hall–Kier alpha value is -2.98. The number of benzene rings is 2. The Morgan fingerprint density at radius 2 is 2.10 bits per heavy atom. The van der Waals surface area contributed by atoms with Gasteiger partial charge in [-0.15, -0.1) is 0 Å². The number of nitro benzene ring substituents is 1. The Bertz CT molecular complexity index is 740. The molecule has 2 aromatic carbocycles. The van der Waals surface area contributed by atoms with Crippen molar-refractivity contribution in [2.45, 2.75) is 6.61 Å². The molecule has 0 bridgehead atoms. The summed E-state index contributed by atoms with van der Waals surface area (Å²) in [4.78, 5) is 10.1. The topological polar surface area (TPSA) is 96.4 Å². The average molecular weight is 288 g/mol. The SMILES string of the molecule is N#Cc1ccc(Oc2ccc([N+](=O)[O-])c(CO)c2)c(F)c1. The molecule has 2 aromatic rings. The minimum atomic E-state index is -0.724. The van der Waals surface area contributed by atoms with Crippen LogP contribution in [0.15, 0.2) is 36.4 Å². The third-order valence-corrected chi connectivity index (χ3v) is 2.71. The molecule has 1 N–H and O–H groups in total. The normalized spacial score (nSPS) is 9.95. The molecule has 0 unspecified atom stereocenters. The van der Waals surface area contributed by atoms with Gasteiger partial charge in [-0.1, -0.05) is 0 Å². The zero-order chi connectivity index (χ0) is 15.4. The maximum Gasteiger partial charge on any atom is 0.275 e. The van der Waals surface area contributed by atoms with Gasteiger partial charge in [0.15, 0.2) is 11.6 Å². The number of rotatable bonds is 4. The second kappa shape index (κ2) is 5.98. The second-order valence-corrected chi connectivity index (χ2v) is 4.06. The Balaban J connectivity index is 2.32. The second-order valence-electron chi connectivity index (χ2n) is 4.06. The van der Waals surface area contributed by atoms with Crippen molar-refractivity contribution in [3.8, 4) is 17.6 Å². The molecule has 0 aromatic heterocycles. The number of hydrogen-bond acceptors (Lipinski definition) is 5. The van der Waals surface area contributed by atoms with Crippen molar-refractivity contribution in [2.75, 3.05) is 0 Å². The number of ether oxygens (including phenoxy) is 1. The van der Waals surface area contributed by atoms with Crippen LogP contribution >= 0.6 is 0 Å². The smallest absolute Gasteiger partial charge is 0.275 e. The third kappa shape index (κ3) is 3.13. The van der Waals surface area contributed by atoms with E-state index in [4.69, 9.17) is 15.1 Å². The van der Waals surface area contributed by atoms with Gasteiger partial charge < -0.3 is 9.84 Å². The quantitative estimate of drug-likeness (QED) is 0.689. The monoisotopic (exact) mass is 288 g/mol. The molecule has 0 aliphatic rings. The minimum Gasteiger partial charge on any atom is -0.454 e. The number of nitro groups is 1. The fourth-order valence-electron chi connectivity index (χ4n) is 1.71. The maximum absolute atomic E-state index is 13.7. The predicted molar refractivity (Wildman–Crippen MR) is 70.2 cm³/mol. The van der Waals surface area contributed by atoms with E-state index in [-0.39, 0.29) is 28.3 Å². The van der Waals surface area contributed by atoms with Gasteiger partial charge in [-0.05, 0) is 30.3 Å². The zero-order valence-corrected chi connectivity index (χ0v) is 10.6.